The van der Waals surface area contributed by atoms with Gasteiger partial charge >= 0.3 is 0 Å². The standard InChI is InChI=1S/C9H17P3/c1-2-3-4-5-6-7-9-8-10-12-11-9/h8,10H,2-7H2,1H3. The summed E-state index contributed by atoms with van der Waals surface area (Å²) in [6, 6.07) is 0. The maximum Gasteiger partial charge on any atom is -0.0118 e. The largest absolute Gasteiger partial charge is 0.105 e. The highest BCUT2D eigenvalue weighted by Crippen LogP contribution is 2.37. The van der Waals surface area contributed by atoms with Crippen LogP contribution in [0.4, 0.5) is 0 Å². The van der Waals surface area contributed by atoms with Crippen LogP contribution in [0.15, 0.2) is 5.80 Å². The first-order chi connectivity index (χ1) is 5.93. The van der Waals surface area contributed by atoms with E-state index in [0.29, 0.717) is 0 Å². The molecule has 1 unspecified atom stereocenters. The van der Waals surface area contributed by atoms with Crippen LogP contribution in [0.5, 0.6) is 0 Å². The molecule has 1 heterocycles. The van der Waals surface area contributed by atoms with Crippen LogP contribution in [0, 0.1) is 0 Å². The first kappa shape index (κ1) is 10.7. The van der Waals surface area contributed by atoms with Gasteiger partial charge in [0.2, 0.25) is 0 Å². The fraction of sp³-hybridized carbons (Fsp3) is 0.778. The van der Waals surface area contributed by atoms with E-state index in [0.717, 1.165) is 7.87 Å². The van der Waals surface area contributed by atoms with Crippen molar-refractivity contribution in [2.45, 2.75) is 45.4 Å². The van der Waals surface area contributed by atoms with Crippen molar-refractivity contribution < 1.29 is 0 Å². The minimum atomic E-state index is 1.10. The van der Waals surface area contributed by atoms with Crippen LogP contribution in [0.25, 0.3) is 0 Å². The van der Waals surface area contributed by atoms with E-state index in [1.54, 1.807) is 20.7 Å². The predicted molar refractivity (Wildman–Crippen MR) is 63.4 cm³/mol. The molecule has 68 valence electrons. The minimum Gasteiger partial charge on any atom is -0.105 e. The van der Waals surface area contributed by atoms with Crippen LogP contribution in [-0.2, 0) is 6.42 Å². The molecule has 0 saturated carbocycles. The zero-order valence-electron chi connectivity index (χ0n) is 7.71. The zero-order valence-corrected chi connectivity index (χ0v) is 10.5. The van der Waals surface area contributed by atoms with Crippen molar-refractivity contribution in [3.8, 4) is 0 Å². The van der Waals surface area contributed by atoms with Gasteiger partial charge in [-0.25, -0.2) is 0 Å². The van der Waals surface area contributed by atoms with Crippen molar-refractivity contribution in [1.29, 1.82) is 0 Å². The first-order valence-electron chi connectivity index (χ1n) is 4.79. The molecular formula is C9H17P3. The Kier molecular flexibility index (Phi) is 6.33. The Bertz CT molecular complexity index is 182. The van der Waals surface area contributed by atoms with Crippen molar-refractivity contribution in [3.63, 3.8) is 0 Å². The Balaban J connectivity index is 1.96. The van der Waals surface area contributed by atoms with Crippen LogP contribution in [0.3, 0.4) is 0 Å². The van der Waals surface area contributed by atoms with Crippen molar-refractivity contribution in [3.05, 3.63) is 11.1 Å². The quantitative estimate of drug-likeness (QED) is 0.561. The van der Waals surface area contributed by atoms with E-state index >= 15 is 0 Å². The third kappa shape index (κ3) is 4.61. The van der Waals surface area contributed by atoms with Gasteiger partial charge in [-0.1, -0.05) is 32.6 Å². The first-order valence-corrected chi connectivity index (χ1v) is 9.20. The molecule has 1 atom stereocenters. The lowest BCUT2D eigenvalue weighted by Crippen LogP contribution is -1.80. The second kappa shape index (κ2) is 7.08. The highest BCUT2D eigenvalue weighted by atomic mass is 32.1. The monoisotopic (exact) mass is 218 g/mol. The highest BCUT2D eigenvalue weighted by Gasteiger charge is 1.93. The summed E-state index contributed by atoms with van der Waals surface area (Å²) in [7, 11) is 4.34. The summed E-state index contributed by atoms with van der Waals surface area (Å²) in [5.74, 6) is 2.46. The molecule has 1 rings (SSSR count). The third-order valence-corrected chi connectivity index (χ3v) is 7.29. The number of hydrogen-bond acceptors (Lipinski definition) is 0. The van der Waals surface area contributed by atoms with Crippen LogP contribution in [0.2, 0.25) is 0 Å². The van der Waals surface area contributed by atoms with Gasteiger partial charge in [0.05, 0.1) is 0 Å². The molecule has 0 nitrogen and oxygen atoms in total. The summed E-state index contributed by atoms with van der Waals surface area (Å²) in [6.45, 7) is 2.28. The smallest absolute Gasteiger partial charge is 0.0118 e. The van der Waals surface area contributed by atoms with E-state index in [-0.39, 0.29) is 0 Å². The summed E-state index contributed by atoms with van der Waals surface area (Å²) >= 11 is 0. The summed E-state index contributed by atoms with van der Waals surface area (Å²) < 4.78 is 0. The molecule has 12 heavy (non-hydrogen) atoms. The molecule has 0 aliphatic heterocycles. The van der Waals surface area contributed by atoms with E-state index in [2.05, 4.69) is 12.7 Å². The molecule has 0 spiro atoms. The second-order valence-corrected chi connectivity index (χ2v) is 8.42. The average Bonchev–Trinajstić information content (AvgIpc) is 2.57. The maximum atomic E-state index is 2.46. The summed E-state index contributed by atoms with van der Waals surface area (Å²) in [6.07, 6.45) is 8.49. The second-order valence-electron chi connectivity index (χ2n) is 3.13. The number of hydrogen-bond donors (Lipinski definition) is 0. The molecule has 1 aromatic heterocycles. The molecule has 0 aromatic carbocycles. The Morgan fingerprint density at radius 2 is 2.08 bits per heavy atom. The fourth-order valence-electron chi connectivity index (χ4n) is 1.26. The molecule has 0 radical (unpaired) electrons. The SMILES string of the molecule is CCCCCCCc1c[pH]pp1. The molecule has 0 saturated heterocycles. The average molecular weight is 218 g/mol. The molecule has 0 fully saturated rings. The van der Waals surface area contributed by atoms with Gasteiger partial charge in [0, 0.05) is 0 Å². The fourth-order valence-corrected chi connectivity index (χ4v) is 7.00. The Labute approximate surface area is 80.2 Å². The molecule has 3 heteroatoms. The predicted octanol–water partition coefficient (Wildman–Crippen LogP) is 5.39. The number of unbranched alkanes of at least 4 members (excludes halogenated alkanes) is 4. The van der Waals surface area contributed by atoms with Gasteiger partial charge < -0.3 is 0 Å². The van der Waals surface area contributed by atoms with Crippen molar-refractivity contribution in [1.82, 2.24) is 0 Å². The van der Waals surface area contributed by atoms with Crippen molar-refractivity contribution in [2.75, 3.05) is 0 Å². The molecule has 1 aromatic rings. The lowest BCUT2D eigenvalue weighted by molar-refractivity contribution is 0.634. The van der Waals surface area contributed by atoms with Gasteiger partial charge in [0.1, 0.15) is 0 Å². The Morgan fingerprint density at radius 1 is 1.25 bits per heavy atom. The van der Waals surface area contributed by atoms with E-state index in [1.807, 2.05) is 0 Å². The topological polar surface area (TPSA) is 0 Å². The molecule has 0 aliphatic rings. The molecule has 0 bridgehead atoms. The molecular weight excluding hydrogens is 201 g/mol. The van der Waals surface area contributed by atoms with Gasteiger partial charge in [-0.3, -0.25) is 0 Å². The van der Waals surface area contributed by atoms with Gasteiger partial charge in [-0.15, -0.1) is 7.87 Å². The van der Waals surface area contributed by atoms with Gasteiger partial charge in [-0.05, 0) is 39.4 Å². The zero-order chi connectivity index (χ0) is 8.65. The molecule has 0 amide bonds. The lowest BCUT2D eigenvalue weighted by atomic mass is 10.1. The number of aryl methyl sites for hydroxylation is 1. The van der Waals surface area contributed by atoms with Crippen molar-refractivity contribution in [2.24, 2.45) is 0 Å². The third-order valence-electron chi connectivity index (χ3n) is 2.00. The van der Waals surface area contributed by atoms with Crippen LogP contribution >= 0.6 is 23.3 Å². The Morgan fingerprint density at radius 3 is 2.75 bits per heavy atom. The Hall–Kier alpha value is 0.640. The van der Waals surface area contributed by atoms with E-state index < -0.39 is 0 Å². The van der Waals surface area contributed by atoms with E-state index in [4.69, 9.17) is 0 Å². The van der Waals surface area contributed by atoms with E-state index in [9.17, 15) is 0 Å². The highest BCUT2D eigenvalue weighted by molar-refractivity contribution is 8.17. The van der Waals surface area contributed by atoms with Crippen LogP contribution in [0.1, 0.15) is 44.3 Å². The summed E-state index contributed by atoms with van der Waals surface area (Å²) in [5, 5.41) is 1.71. The van der Waals surface area contributed by atoms with Gasteiger partial charge in [0.15, 0.2) is 0 Å². The lowest BCUT2D eigenvalue weighted by Gasteiger charge is -1.97. The van der Waals surface area contributed by atoms with Crippen molar-refractivity contribution >= 4 is 23.3 Å². The van der Waals surface area contributed by atoms with Crippen LogP contribution < -0.4 is 0 Å². The number of rotatable bonds is 6. The van der Waals surface area contributed by atoms with Gasteiger partial charge in [0.25, 0.3) is 0 Å². The maximum absolute atomic E-state index is 2.46. The molecule has 0 aliphatic carbocycles. The normalized spacial score (nSPS) is 12.4. The minimum absolute atomic E-state index is 1.10. The van der Waals surface area contributed by atoms with Gasteiger partial charge in [-0.2, -0.15) is 0 Å². The summed E-state index contributed by atoms with van der Waals surface area (Å²) in [4.78, 5) is 0. The van der Waals surface area contributed by atoms with E-state index in [1.165, 1.54) is 38.5 Å². The summed E-state index contributed by atoms with van der Waals surface area (Å²) in [5.41, 5.74) is 0. The van der Waals surface area contributed by atoms with Crippen LogP contribution in [-0.4, -0.2) is 0 Å². The molecule has 0 N–H and O–H groups in total.